The molecular formula is C20H22N2O6. The number of rotatable bonds is 8. The van der Waals surface area contributed by atoms with E-state index in [1.807, 2.05) is 31.2 Å². The molecule has 8 heteroatoms. The lowest BCUT2D eigenvalue weighted by atomic mass is 10.1. The highest BCUT2D eigenvalue weighted by molar-refractivity contribution is 5.82. The van der Waals surface area contributed by atoms with Crippen molar-refractivity contribution < 1.29 is 28.5 Å². The summed E-state index contributed by atoms with van der Waals surface area (Å²) in [6.45, 7) is 2.32. The molecule has 1 aliphatic rings. The van der Waals surface area contributed by atoms with Gasteiger partial charge < -0.3 is 18.9 Å². The van der Waals surface area contributed by atoms with Gasteiger partial charge in [0.1, 0.15) is 0 Å². The molecule has 1 heterocycles. The Bertz CT molecular complexity index is 839. The predicted octanol–water partition coefficient (Wildman–Crippen LogP) is 1.97. The molecule has 0 bridgehead atoms. The van der Waals surface area contributed by atoms with Crippen LogP contribution in [0.15, 0.2) is 42.5 Å². The molecule has 0 saturated heterocycles. The summed E-state index contributed by atoms with van der Waals surface area (Å²) in [6, 6.07) is 12.6. The van der Waals surface area contributed by atoms with E-state index in [-0.39, 0.29) is 25.7 Å². The second-order valence-corrected chi connectivity index (χ2v) is 5.95. The number of amides is 2. The summed E-state index contributed by atoms with van der Waals surface area (Å²) in [5.41, 5.74) is 5.65. The topological polar surface area (TPSA) is 95.1 Å². The highest BCUT2D eigenvalue weighted by Gasteiger charge is 2.14. The van der Waals surface area contributed by atoms with Crippen LogP contribution in [0.1, 0.15) is 18.9 Å². The summed E-state index contributed by atoms with van der Waals surface area (Å²) >= 11 is 0. The Kier molecular flexibility index (Phi) is 6.56. The van der Waals surface area contributed by atoms with Gasteiger partial charge in [0, 0.05) is 6.42 Å². The van der Waals surface area contributed by atoms with E-state index in [1.165, 1.54) is 0 Å². The minimum Gasteiger partial charge on any atom is -0.490 e. The molecule has 0 spiro atoms. The van der Waals surface area contributed by atoms with Crippen molar-refractivity contribution in [1.82, 2.24) is 10.9 Å². The smallest absolute Gasteiger partial charge is 0.276 e. The fourth-order valence-electron chi connectivity index (χ4n) is 2.58. The quantitative estimate of drug-likeness (QED) is 0.674. The maximum atomic E-state index is 11.9. The van der Waals surface area contributed by atoms with Crippen LogP contribution in [0.3, 0.4) is 0 Å². The minimum atomic E-state index is -0.470. The van der Waals surface area contributed by atoms with Crippen molar-refractivity contribution in [3.8, 4) is 23.0 Å². The molecular weight excluding hydrogens is 364 g/mol. The molecule has 0 fully saturated rings. The van der Waals surface area contributed by atoms with E-state index in [4.69, 9.17) is 18.9 Å². The van der Waals surface area contributed by atoms with Crippen molar-refractivity contribution in [3.63, 3.8) is 0 Å². The van der Waals surface area contributed by atoms with Crippen molar-refractivity contribution >= 4 is 11.8 Å². The van der Waals surface area contributed by atoms with Crippen LogP contribution in [0.25, 0.3) is 0 Å². The Balaban J connectivity index is 1.38. The number of nitrogens with one attached hydrogen (secondary N) is 2. The number of hydrogen-bond acceptors (Lipinski definition) is 6. The van der Waals surface area contributed by atoms with E-state index in [9.17, 15) is 9.59 Å². The summed E-state index contributed by atoms with van der Waals surface area (Å²) in [4.78, 5) is 23.8. The van der Waals surface area contributed by atoms with Crippen LogP contribution in [0.5, 0.6) is 23.0 Å². The van der Waals surface area contributed by atoms with Gasteiger partial charge >= 0.3 is 0 Å². The summed E-state index contributed by atoms with van der Waals surface area (Å²) in [5, 5.41) is 0. The van der Waals surface area contributed by atoms with Gasteiger partial charge in [-0.2, -0.15) is 0 Å². The van der Waals surface area contributed by atoms with Gasteiger partial charge in [0.05, 0.1) is 6.61 Å². The van der Waals surface area contributed by atoms with Gasteiger partial charge in [0.2, 0.25) is 12.7 Å². The number of para-hydroxylation sites is 2. The number of hydrogen-bond donors (Lipinski definition) is 2. The minimum absolute atomic E-state index is 0.211. The van der Waals surface area contributed by atoms with Gasteiger partial charge in [-0.15, -0.1) is 0 Å². The largest absolute Gasteiger partial charge is 0.490 e. The van der Waals surface area contributed by atoms with E-state index >= 15 is 0 Å². The van der Waals surface area contributed by atoms with E-state index < -0.39 is 5.91 Å². The van der Waals surface area contributed by atoms with Gasteiger partial charge in [-0.1, -0.05) is 18.2 Å². The van der Waals surface area contributed by atoms with Crippen molar-refractivity contribution in [1.29, 1.82) is 0 Å². The fourth-order valence-corrected chi connectivity index (χ4v) is 2.58. The third kappa shape index (κ3) is 5.29. The highest BCUT2D eigenvalue weighted by Crippen LogP contribution is 2.32. The Morgan fingerprint density at radius 2 is 1.68 bits per heavy atom. The Morgan fingerprint density at radius 1 is 0.964 bits per heavy atom. The van der Waals surface area contributed by atoms with Gasteiger partial charge in [0.15, 0.2) is 29.6 Å². The molecule has 0 unspecified atom stereocenters. The van der Waals surface area contributed by atoms with Crippen LogP contribution in [0, 0.1) is 0 Å². The van der Waals surface area contributed by atoms with E-state index in [1.54, 1.807) is 18.2 Å². The molecule has 8 nitrogen and oxygen atoms in total. The predicted molar refractivity (Wildman–Crippen MR) is 100 cm³/mol. The van der Waals surface area contributed by atoms with E-state index in [0.29, 0.717) is 36.0 Å². The standard InChI is InChI=1S/C20H22N2O6/c1-2-25-15-5-3-4-6-16(15)26-12-20(24)22-21-19(23)10-8-14-7-9-17-18(11-14)28-13-27-17/h3-7,9,11H,2,8,10,12-13H2,1H3,(H,21,23)(H,22,24). The molecule has 0 saturated carbocycles. The number of ether oxygens (including phenoxy) is 4. The maximum absolute atomic E-state index is 11.9. The zero-order valence-electron chi connectivity index (χ0n) is 15.5. The lowest BCUT2D eigenvalue weighted by molar-refractivity contribution is -0.130. The SMILES string of the molecule is CCOc1ccccc1OCC(=O)NNC(=O)CCc1ccc2c(c1)OCO2. The van der Waals surface area contributed by atoms with E-state index in [2.05, 4.69) is 10.9 Å². The number of carbonyl (C=O) groups excluding carboxylic acids is 2. The first-order valence-corrected chi connectivity index (χ1v) is 8.96. The van der Waals surface area contributed by atoms with Crippen molar-refractivity contribution in [3.05, 3.63) is 48.0 Å². The highest BCUT2D eigenvalue weighted by atomic mass is 16.7. The van der Waals surface area contributed by atoms with Crippen LogP contribution in [0.4, 0.5) is 0 Å². The van der Waals surface area contributed by atoms with Crippen molar-refractivity contribution in [2.24, 2.45) is 0 Å². The molecule has 2 aromatic carbocycles. The molecule has 2 aromatic rings. The number of carbonyl (C=O) groups is 2. The van der Waals surface area contributed by atoms with Crippen molar-refractivity contribution in [2.45, 2.75) is 19.8 Å². The number of fused-ring (bicyclic) bond motifs is 1. The first kappa shape index (κ1) is 19.3. The second kappa shape index (κ2) is 9.50. The summed E-state index contributed by atoms with van der Waals surface area (Å²) in [7, 11) is 0. The average molecular weight is 386 g/mol. The zero-order chi connectivity index (χ0) is 19.8. The number of hydrazine groups is 1. The average Bonchev–Trinajstić information content (AvgIpc) is 3.18. The number of aryl methyl sites for hydroxylation is 1. The summed E-state index contributed by atoms with van der Waals surface area (Å²) < 4.78 is 21.4. The molecule has 2 N–H and O–H groups in total. The van der Waals surface area contributed by atoms with E-state index in [0.717, 1.165) is 5.56 Å². The maximum Gasteiger partial charge on any atom is 0.276 e. The van der Waals surface area contributed by atoms with Crippen LogP contribution >= 0.6 is 0 Å². The molecule has 0 aromatic heterocycles. The Hall–Kier alpha value is -3.42. The van der Waals surface area contributed by atoms with Gasteiger partial charge in [-0.05, 0) is 43.2 Å². The Morgan fingerprint density at radius 3 is 2.46 bits per heavy atom. The van der Waals surface area contributed by atoms with Gasteiger partial charge in [-0.25, -0.2) is 0 Å². The van der Waals surface area contributed by atoms with Crippen LogP contribution in [0.2, 0.25) is 0 Å². The van der Waals surface area contributed by atoms with Crippen LogP contribution < -0.4 is 29.8 Å². The molecule has 0 radical (unpaired) electrons. The molecule has 0 aliphatic carbocycles. The summed E-state index contributed by atoms with van der Waals surface area (Å²) in [5.74, 6) is 1.63. The van der Waals surface area contributed by atoms with Crippen LogP contribution in [-0.4, -0.2) is 31.8 Å². The monoisotopic (exact) mass is 386 g/mol. The lowest BCUT2D eigenvalue weighted by Gasteiger charge is -2.12. The number of benzene rings is 2. The third-order valence-corrected chi connectivity index (χ3v) is 3.93. The lowest BCUT2D eigenvalue weighted by Crippen LogP contribution is -2.43. The third-order valence-electron chi connectivity index (χ3n) is 3.93. The molecule has 3 rings (SSSR count). The first-order valence-electron chi connectivity index (χ1n) is 8.96. The normalized spacial score (nSPS) is 11.6. The van der Waals surface area contributed by atoms with Gasteiger partial charge in [0.25, 0.3) is 5.91 Å². The Labute approximate surface area is 162 Å². The molecule has 0 atom stereocenters. The second-order valence-electron chi connectivity index (χ2n) is 5.95. The fraction of sp³-hybridized carbons (Fsp3) is 0.300. The molecule has 1 aliphatic heterocycles. The molecule has 2 amide bonds. The molecule has 148 valence electrons. The first-order chi connectivity index (χ1) is 13.7. The molecule has 28 heavy (non-hydrogen) atoms. The van der Waals surface area contributed by atoms with Crippen LogP contribution in [-0.2, 0) is 16.0 Å². The van der Waals surface area contributed by atoms with Gasteiger partial charge in [-0.3, -0.25) is 20.4 Å². The van der Waals surface area contributed by atoms with Crippen molar-refractivity contribution in [2.75, 3.05) is 20.0 Å². The zero-order valence-corrected chi connectivity index (χ0v) is 15.5. The summed E-state index contributed by atoms with van der Waals surface area (Å²) in [6.07, 6.45) is 0.727.